The van der Waals surface area contributed by atoms with Gasteiger partial charge in [0.2, 0.25) is 17.7 Å². The van der Waals surface area contributed by atoms with E-state index in [9.17, 15) is 4.79 Å². The van der Waals surface area contributed by atoms with Gasteiger partial charge in [-0.05, 0) is 30.7 Å². The van der Waals surface area contributed by atoms with Gasteiger partial charge in [-0.15, -0.1) is 10.2 Å². The standard InChI is InChI=1S/C23H26N4O2S/c1-17-6-8-18(9-7-17)23-26-25-22(29-23)11-10-21(28)24-20-5-3-2-4-19(20)16-27-12-14-30-15-13-27/h2-9H,10-16H2,1H3,(H,24,28). The lowest BCUT2D eigenvalue weighted by Gasteiger charge is -2.27. The zero-order chi connectivity index (χ0) is 20.8. The number of hydrogen-bond donors (Lipinski definition) is 1. The van der Waals surface area contributed by atoms with Crippen LogP contribution in [0.25, 0.3) is 11.5 Å². The monoisotopic (exact) mass is 422 g/mol. The molecule has 1 amide bonds. The van der Waals surface area contributed by atoms with Gasteiger partial charge < -0.3 is 9.73 Å². The van der Waals surface area contributed by atoms with E-state index in [1.807, 2.05) is 61.2 Å². The summed E-state index contributed by atoms with van der Waals surface area (Å²) < 4.78 is 5.72. The van der Waals surface area contributed by atoms with Gasteiger partial charge >= 0.3 is 0 Å². The smallest absolute Gasteiger partial charge is 0.247 e. The van der Waals surface area contributed by atoms with Crippen LogP contribution < -0.4 is 5.32 Å². The lowest BCUT2D eigenvalue weighted by Crippen LogP contribution is -2.32. The zero-order valence-electron chi connectivity index (χ0n) is 17.1. The molecule has 6 nitrogen and oxygen atoms in total. The van der Waals surface area contributed by atoms with E-state index in [0.717, 1.165) is 36.4 Å². The van der Waals surface area contributed by atoms with E-state index >= 15 is 0 Å². The van der Waals surface area contributed by atoms with Crippen LogP contribution in [-0.4, -0.2) is 45.6 Å². The van der Waals surface area contributed by atoms with Crippen LogP contribution >= 0.6 is 11.8 Å². The highest BCUT2D eigenvalue weighted by Crippen LogP contribution is 2.21. The summed E-state index contributed by atoms with van der Waals surface area (Å²) in [6, 6.07) is 16.0. The summed E-state index contributed by atoms with van der Waals surface area (Å²) in [6.07, 6.45) is 0.709. The second-order valence-electron chi connectivity index (χ2n) is 7.46. The molecule has 1 fully saturated rings. The van der Waals surface area contributed by atoms with Crippen LogP contribution in [0, 0.1) is 6.92 Å². The molecule has 3 aromatic rings. The number of rotatable bonds is 7. The Balaban J connectivity index is 1.33. The number of aromatic nitrogens is 2. The second-order valence-corrected chi connectivity index (χ2v) is 8.69. The molecule has 0 aliphatic carbocycles. The number of thioether (sulfide) groups is 1. The quantitative estimate of drug-likeness (QED) is 0.616. The van der Waals surface area contributed by atoms with E-state index in [1.54, 1.807) is 0 Å². The molecule has 30 heavy (non-hydrogen) atoms. The Labute approximate surface area is 181 Å². The Morgan fingerprint density at radius 3 is 2.67 bits per heavy atom. The molecular weight excluding hydrogens is 396 g/mol. The minimum Gasteiger partial charge on any atom is -0.421 e. The summed E-state index contributed by atoms with van der Waals surface area (Å²) >= 11 is 2.00. The molecule has 1 N–H and O–H groups in total. The normalized spacial score (nSPS) is 14.6. The molecule has 0 bridgehead atoms. The van der Waals surface area contributed by atoms with Gasteiger partial charge in [0.1, 0.15) is 0 Å². The number of carbonyl (C=O) groups excluding carboxylic acids is 1. The molecular formula is C23H26N4O2S. The van der Waals surface area contributed by atoms with E-state index in [4.69, 9.17) is 4.42 Å². The molecule has 0 unspecified atom stereocenters. The molecule has 2 aromatic carbocycles. The molecule has 4 rings (SSSR count). The number of nitrogens with one attached hydrogen (secondary N) is 1. The predicted octanol–water partition coefficient (Wildman–Crippen LogP) is 4.17. The summed E-state index contributed by atoms with van der Waals surface area (Å²) in [6.45, 7) is 5.08. The molecule has 1 aliphatic heterocycles. The number of aryl methyl sites for hydroxylation is 2. The van der Waals surface area contributed by atoms with E-state index in [1.165, 1.54) is 17.1 Å². The number of para-hydroxylation sites is 1. The Morgan fingerprint density at radius 2 is 1.87 bits per heavy atom. The van der Waals surface area contributed by atoms with Crippen LogP contribution in [0.4, 0.5) is 5.69 Å². The Morgan fingerprint density at radius 1 is 1.10 bits per heavy atom. The van der Waals surface area contributed by atoms with Crippen LogP contribution in [0.15, 0.2) is 52.9 Å². The Bertz CT molecular complexity index is 981. The van der Waals surface area contributed by atoms with Crippen LogP contribution in [-0.2, 0) is 17.8 Å². The summed E-state index contributed by atoms with van der Waals surface area (Å²) in [7, 11) is 0. The van der Waals surface area contributed by atoms with Crippen molar-refractivity contribution >= 4 is 23.4 Å². The Hall–Kier alpha value is -2.64. The van der Waals surface area contributed by atoms with Crippen molar-refractivity contribution in [2.24, 2.45) is 0 Å². The third-order valence-corrected chi connectivity index (χ3v) is 6.06. The predicted molar refractivity (Wildman–Crippen MR) is 120 cm³/mol. The van der Waals surface area contributed by atoms with Crippen molar-refractivity contribution in [1.29, 1.82) is 0 Å². The number of amides is 1. The average molecular weight is 423 g/mol. The van der Waals surface area contributed by atoms with Gasteiger partial charge in [0, 0.05) is 55.2 Å². The molecule has 2 heterocycles. The number of anilines is 1. The van der Waals surface area contributed by atoms with E-state index in [-0.39, 0.29) is 5.91 Å². The van der Waals surface area contributed by atoms with Crippen LogP contribution in [0.5, 0.6) is 0 Å². The number of hydrogen-bond acceptors (Lipinski definition) is 6. The van der Waals surface area contributed by atoms with E-state index in [2.05, 4.69) is 26.5 Å². The maximum atomic E-state index is 12.5. The Kier molecular flexibility index (Phi) is 6.81. The highest BCUT2D eigenvalue weighted by Gasteiger charge is 2.15. The first-order valence-corrected chi connectivity index (χ1v) is 11.4. The van der Waals surface area contributed by atoms with Crippen molar-refractivity contribution in [2.75, 3.05) is 29.9 Å². The summed E-state index contributed by atoms with van der Waals surface area (Å²) in [5, 5.41) is 11.2. The van der Waals surface area contributed by atoms with Gasteiger partial charge in [0.25, 0.3) is 0 Å². The topological polar surface area (TPSA) is 71.3 Å². The van der Waals surface area contributed by atoms with Gasteiger partial charge in [0.05, 0.1) is 0 Å². The molecule has 1 aliphatic rings. The number of carbonyl (C=O) groups is 1. The van der Waals surface area contributed by atoms with Crippen molar-refractivity contribution in [1.82, 2.24) is 15.1 Å². The molecule has 0 radical (unpaired) electrons. The molecule has 1 saturated heterocycles. The average Bonchev–Trinajstić information content (AvgIpc) is 3.24. The highest BCUT2D eigenvalue weighted by molar-refractivity contribution is 7.99. The third kappa shape index (κ3) is 5.49. The maximum absolute atomic E-state index is 12.5. The zero-order valence-corrected chi connectivity index (χ0v) is 18.0. The fraction of sp³-hybridized carbons (Fsp3) is 0.348. The van der Waals surface area contributed by atoms with E-state index in [0.29, 0.717) is 24.6 Å². The summed E-state index contributed by atoms with van der Waals surface area (Å²) in [5.41, 5.74) is 4.09. The van der Waals surface area contributed by atoms with Crippen LogP contribution in [0.1, 0.15) is 23.4 Å². The van der Waals surface area contributed by atoms with Gasteiger partial charge in [-0.25, -0.2) is 0 Å². The first-order valence-electron chi connectivity index (χ1n) is 10.2. The molecule has 0 atom stereocenters. The molecule has 1 aromatic heterocycles. The minimum absolute atomic E-state index is 0.0493. The third-order valence-electron chi connectivity index (χ3n) is 5.12. The van der Waals surface area contributed by atoms with Crippen molar-refractivity contribution in [3.8, 4) is 11.5 Å². The number of benzene rings is 2. The fourth-order valence-electron chi connectivity index (χ4n) is 3.38. The van der Waals surface area contributed by atoms with Crippen molar-refractivity contribution in [3.63, 3.8) is 0 Å². The molecule has 7 heteroatoms. The summed E-state index contributed by atoms with van der Waals surface area (Å²) in [4.78, 5) is 15.0. The second kappa shape index (κ2) is 9.91. The first kappa shape index (κ1) is 20.6. The van der Waals surface area contributed by atoms with Crippen LogP contribution in [0.3, 0.4) is 0 Å². The van der Waals surface area contributed by atoms with Gasteiger partial charge in [-0.1, -0.05) is 35.9 Å². The minimum atomic E-state index is -0.0493. The molecule has 0 spiro atoms. The van der Waals surface area contributed by atoms with E-state index < -0.39 is 0 Å². The molecule has 156 valence electrons. The maximum Gasteiger partial charge on any atom is 0.247 e. The van der Waals surface area contributed by atoms with Crippen molar-refractivity contribution < 1.29 is 9.21 Å². The van der Waals surface area contributed by atoms with Gasteiger partial charge in [-0.2, -0.15) is 11.8 Å². The fourth-order valence-corrected chi connectivity index (χ4v) is 4.36. The lowest BCUT2D eigenvalue weighted by atomic mass is 10.1. The largest absolute Gasteiger partial charge is 0.421 e. The highest BCUT2D eigenvalue weighted by atomic mass is 32.2. The van der Waals surface area contributed by atoms with Gasteiger partial charge in [0.15, 0.2) is 0 Å². The summed E-state index contributed by atoms with van der Waals surface area (Å²) in [5.74, 6) is 3.24. The lowest BCUT2D eigenvalue weighted by molar-refractivity contribution is -0.116. The van der Waals surface area contributed by atoms with Crippen LogP contribution in [0.2, 0.25) is 0 Å². The van der Waals surface area contributed by atoms with Crippen molar-refractivity contribution in [3.05, 3.63) is 65.5 Å². The SMILES string of the molecule is Cc1ccc(-c2nnc(CCC(=O)Nc3ccccc3CN3CCSCC3)o2)cc1. The molecule has 0 saturated carbocycles. The first-order chi connectivity index (χ1) is 14.7. The van der Waals surface area contributed by atoms with Crippen molar-refractivity contribution in [2.45, 2.75) is 26.3 Å². The number of nitrogens with zero attached hydrogens (tertiary/aromatic N) is 3. The van der Waals surface area contributed by atoms with Gasteiger partial charge in [-0.3, -0.25) is 9.69 Å².